The van der Waals surface area contributed by atoms with Crippen LogP contribution in [0.15, 0.2) is 29.4 Å². The van der Waals surface area contributed by atoms with E-state index < -0.39 is 11.7 Å². The fourth-order valence-electron chi connectivity index (χ4n) is 1.11. The molecule has 0 heterocycles. The molecule has 0 atom stereocenters. The largest absolute Gasteiger partial charge is 0.416 e. The molecule has 0 bridgehead atoms. The number of hydrazone groups is 1. The average Bonchev–Trinajstić information content (AvgIpc) is 2.17. The molecule has 0 saturated heterocycles. The fraction of sp³-hybridized carbons (Fsp3) is 0.300. The van der Waals surface area contributed by atoms with E-state index in [1.807, 2.05) is 0 Å². The molecule has 0 amide bonds. The Bertz CT molecular complexity index is 341. The van der Waals surface area contributed by atoms with E-state index in [0.29, 0.717) is 5.69 Å². The van der Waals surface area contributed by atoms with Crippen molar-refractivity contribution in [3.63, 3.8) is 0 Å². The predicted octanol–water partition coefficient (Wildman–Crippen LogP) is 3.15. The summed E-state index contributed by atoms with van der Waals surface area (Å²) in [6.45, 7) is 1.74. The molecule has 0 spiro atoms. The quantitative estimate of drug-likeness (QED) is 0.547. The Labute approximate surface area is 86.0 Å². The first-order valence-electron chi connectivity index (χ1n) is 4.34. The third kappa shape index (κ3) is 2.97. The van der Waals surface area contributed by atoms with Crippen LogP contribution in [-0.2, 0) is 6.18 Å². The monoisotopic (exact) mass is 216 g/mol. The van der Waals surface area contributed by atoms with Gasteiger partial charge < -0.3 is 0 Å². The van der Waals surface area contributed by atoms with Gasteiger partial charge in [0.25, 0.3) is 0 Å². The minimum absolute atomic E-state index is 0.612. The van der Waals surface area contributed by atoms with Crippen LogP contribution in [-0.4, -0.2) is 13.3 Å². The standard InChI is InChI=1S/C10H11F3N2/c1-3-14-15(2)9-6-4-8(5-7-9)10(11,12)13/h3-7H,1-2H3. The smallest absolute Gasteiger partial charge is 0.269 e. The topological polar surface area (TPSA) is 15.6 Å². The molecule has 0 saturated carbocycles. The van der Waals surface area contributed by atoms with Crippen molar-refractivity contribution in [2.75, 3.05) is 12.1 Å². The zero-order chi connectivity index (χ0) is 11.5. The zero-order valence-electron chi connectivity index (χ0n) is 8.42. The summed E-state index contributed by atoms with van der Waals surface area (Å²) in [5.74, 6) is 0. The van der Waals surface area contributed by atoms with Crippen LogP contribution in [0.5, 0.6) is 0 Å². The van der Waals surface area contributed by atoms with Gasteiger partial charge in [-0.05, 0) is 31.2 Å². The highest BCUT2D eigenvalue weighted by molar-refractivity contribution is 5.57. The van der Waals surface area contributed by atoms with Gasteiger partial charge in [0.2, 0.25) is 0 Å². The third-order valence-electron chi connectivity index (χ3n) is 1.86. The molecule has 1 aromatic carbocycles. The Hall–Kier alpha value is -1.52. The van der Waals surface area contributed by atoms with E-state index in [1.54, 1.807) is 20.2 Å². The number of hydrogen-bond acceptors (Lipinski definition) is 2. The van der Waals surface area contributed by atoms with Crippen LogP contribution in [0, 0.1) is 0 Å². The highest BCUT2D eigenvalue weighted by Crippen LogP contribution is 2.30. The van der Waals surface area contributed by atoms with E-state index in [1.165, 1.54) is 17.1 Å². The van der Waals surface area contributed by atoms with E-state index in [0.717, 1.165) is 12.1 Å². The number of rotatable bonds is 2. The van der Waals surface area contributed by atoms with Gasteiger partial charge in [-0.15, -0.1) is 0 Å². The van der Waals surface area contributed by atoms with Crippen molar-refractivity contribution in [1.29, 1.82) is 0 Å². The zero-order valence-corrected chi connectivity index (χ0v) is 8.42. The highest BCUT2D eigenvalue weighted by Gasteiger charge is 2.29. The van der Waals surface area contributed by atoms with Crippen LogP contribution in [0.2, 0.25) is 0 Å². The second-order valence-corrected chi connectivity index (χ2v) is 2.94. The van der Waals surface area contributed by atoms with Crippen LogP contribution < -0.4 is 5.01 Å². The van der Waals surface area contributed by atoms with Crippen LogP contribution in [0.3, 0.4) is 0 Å². The molecule has 0 aliphatic carbocycles. The van der Waals surface area contributed by atoms with Gasteiger partial charge in [0, 0.05) is 13.3 Å². The number of halogens is 3. The molecule has 0 aromatic heterocycles. The summed E-state index contributed by atoms with van der Waals surface area (Å²) in [5, 5.41) is 5.41. The first-order chi connectivity index (χ1) is 6.95. The summed E-state index contributed by atoms with van der Waals surface area (Å²) in [6, 6.07) is 4.85. The molecular weight excluding hydrogens is 205 g/mol. The van der Waals surface area contributed by atoms with Crippen molar-refractivity contribution >= 4 is 11.9 Å². The van der Waals surface area contributed by atoms with E-state index in [-0.39, 0.29) is 0 Å². The minimum Gasteiger partial charge on any atom is -0.269 e. The molecule has 0 radical (unpaired) electrons. The maximum Gasteiger partial charge on any atom is 0.416 e. The predicted molar refractivity (Wildman–Crippen MR) is 54.0 cm³/mol. The van der Waals surface area contributed by atoms with E-state index >= 15 is 0 Å². The lowest BCUT2D eigenvalue weighted by molar-refractivity contribution is -0.137. The van der Waals surface area contributed by atoms with Crippen molar-refractivity contribution in [2.45, 2.75) is 13.1 Å². The molecule has 0 aliphatic rings. The first-order valence-corrected chi connectivity index (χ1v) is 4.34. The number of nitrogens with zero attached hydrogens (tertiary/aromatic N) is 2. The summed E-state index contributed by atoms with van der Waals surface area (Å²) in [6.07, 6.45) is -2.72. The molecule has 0 aliphatic heterocycles. The Morgan fingerprint density at radius 3 is 2.13 bits per heavy atom. The van der Waals surface area contributed by atoms with Gasteiger partial charge in [0.15, 0.2) is 0 Å². The fourth-order valence-corrected chi connectivity index (χ4v) is 1.11. The molecule has 1 rings (SSSR count). The highest BCUT2D eigenvalue weighted by atomic mass is 19.4. The van der Waals surface area contributed by atoms with Gasteiger partial charge in [-0.2, -0.15) is 18.3 Å². The summed E-state index contributed by atoms with van der Waals surface area (Å²) >= 11 is 0. The van der Waals surface area contributed by atoms with Crippen molar-refractivity contribution in [3.8, 4) is 0 Å². The Balaban J connectivity index is 2.90. The summed E-state index contributed by atoms with van der Waals surface area (Å²) in [4.78, 5) is 0. The molecule has 1 aromatic rings. The van der Waals surface area contributed by atoms with E-state index in [9.17, 15) is 13.2 Å². The van der Waals surface area contributed by atoms with Crippen molar-refractivity contribution in [2.24, 2.45) is 5.10 Å². The number of benzene rings is 1. The maximum atomic E-state index is 12.2. The van der Waals surface area contributed by atoms with Crippen LogP contribution >= 0.6 is 0 Å². The minimum atomic E-state index is -4.29. The van der Waals surface area contributed by atoms with Gasteiger partial charge in [0.1, 0.15) is 0 Å². The normalized spacial score (nSPS) is 12.1. The molecule has 0 fully saturated rings. The van der Waals surface area contributed by atoms with Gasteiger partial charge in [-0.1, -0.05) is 0 Å². The summed E-state index contributed by atoms with van der Waals surface area (Å²) < 4.78 is 36.7. The van der Waals surface area contributed by atoms with Gasteiger partial charge >= 0.3 is 6.18 Å². The molecule has 0 unspecified atom stereocenters. The summed E-state index contributed by atoms with van der Waals surface area (Å²) in [7, 11) is 1.67. The van der Waals surface area contributed by atoms with Gasteiger partial charge in [0.05, 0.1) is 11.3 Å². The number of alkyl halides is 3. The average molecular weight is 216 g/mol. The molecule has 82 valence electrons. The number of anilines is 1. The van der Waals surface area contributed by atoms with Crippen LogP contribution in [0.1, 0.15) is 12.5 Å². The Morgan fingerprint density at radius 1 is 1.20 bits per heavy atom. The maximum absolute atomic E-state index is 12.2. The second kappa shape index (κ2) is 4.33. The lowest BCUT2D eigenvalue weighted by Crippen LogP contribution is -2.09. The molecule has 5 heteroatoms. The van der Waals surface area contributed by atoms with Gasteiger partial charge in [-0.3, -0.25) is 5.01 Å². The van der Waals surface area contributed by atoms with Gasteiger partial charge in [-0.25, -0.2) is 0 Å². The number of hydrogen-bond donors (Lipinski definition) is 0. The summed E-state index contributed by atoms with van der Waals surface area (Å²) in [5.41, 5.74) is -0.0405. The van der Waals surface area contributed by atoms with E-state index in [2.05, 4.69) is 5.10 Å². The van der Waals surface area contributed by atoms with E-state index in [4.69, 9.17) is 0 Å². The third-order valence-corrected chi connectivity index (χ3v) is 1.86. The Morgan fingerprint density at radius 2 is 1.73 bits per heavy atom. The molecule has 0 N–H and O–H groups in total. The van der Waals surface area contributed by atoms with Crippen LogP contribution in [0.25, 0.3) is 0 Å². The van der Waals surface area contributed by atoms with Crippen molar-refractivity contribution in [3.05, 3.63) is 29.8 Å². The molecule has 2 nitrogen and oxygen atoms in total. The molecular formula is C10H11F3N2. The van der Waals surface area contributed by atoms with Crippen LogP contribution in [0.4, 0.5) is 18.9 Å². The van der Waals surface area contributed by atoms with Crippen molar-refractivity contribution < 1.29 is 13.2 Å². The SMILES string of the molecule is CC=NN(C)c1ccc(C(F)(F)F)cc1. The lowest BCUT2D eigenvalue weighted by Gasteiger charge is -2.13. The molecule has 15 heavy (non-hydrogen) atoms. The van der Waals surface area contributed by atoms with Crippen molar-refractivity contribution in [1.82, 2.24) is 0 Å². The second-order valence-electron chi connectivity index (χ2n) is 2.94. The first kappa shape index (κ1) is 11.6. The lowest BCUT2D eigenvalue weighted by atomic mass is 10.2. The Kier molecular flexibility index (Phi) is 3.34.